The van der Waals surface area contributed by atoms with E-state index in [1.807, 2.05) is 27.7 Å². The van der Waals surface area contributed by atoms with Crippen LogP contribution in [-0.4, -0.2) is 12.9 Å². The Bertz CT molecular complexity index is 316. The van der Waals surface area contributed by atoms with Gasteiger partial charge in [0.2, 0.25) is 5.78 Å². The van der Waals surface area contributed by atoms with Gasteiger partial charge in [-0.25, -0.2) is 0 Å². The van der Waals surface area contributed by atoms with E-state index in [4.69, 9.17) is 4.74 Å². The van der Waals surface area contributed by atoms with Crippen LogP contribution in [0.4, 0.5) is 0 Å². The van der Waals surface area contributed by atoms with E-state index in [9.17, 15) is 4.79 Å². The SMILES string of the molecule is CO/C(C(=O)C(C)=C(C)C)=C(/C)CC(C)C. The molecule has 0 N–H and O–H groups in total. The average Bonchev–Trinajstić information content (AvgIpc) is 2.16. The number of rotatable bonds is 5. The first-order chi connectivity index (χ1) is 7.31. The fraction of sp³-hybridized carbons (Fsp3) is 0.643. The molecular weight excluding hydrogens is 200 g/mol. The topological polar surface area (TPSA) is 26.3 Å². The molecule has 0 heterocycles. The number of carbonyl (C=O) groups is 1. The van der Waals surface area contributed by atoms with Crippen molar-refractivity contribution >= 4 is 5.78 Å². The van der Waals surface area contributed by atoms with Crippen molar-refractivity contribution in [3.63, 3.8) is 0 Å². The number of hydrogen-bond acceptors (Lipinski definition) is 2. The molecule has 0 aromatic carbocycles. The van der Waals surface area contributed by atoms with Crippen LogP contribution in [0, 0.1) is 5.92 Å². The zero-order valence-electron chi connectivity index (χ0n) is 11.6. The van der Waals surface area contributed by atoms with Gasteiger partial charge in [-0.15, -0.1) is 0 Å². The maximum atomic E-state index is 12.1. The lowest BCUT2D eigenvalue weighted by molar-refractivity contribution is -0.115. The Labute approximate surface area is 99.4 Å². The third-order valence-corrected chi connectivity index (χ3v) is 2.60. The van der Waals surface area contributed by atoms with Crippen LogP contribution in [0.25, 0.3) is 0 Å². The largest absolute Gasteiger partial charge is 0.493 e. The molecule has 0 atom stereocenters. The van der Waals surface area contributed by atoms with Gasteiger partial charge >= 0.3 is 0 Å². The van der Waals surface area contributed by atoms with Gasteiger partial charge in [-0.05, 0) is 51.2 Å². The molecular formula is C14H24O2. The van der Waals surface area contributed by atoms with Gasteiger partial charge in [-0.1, -0.05) is 19.4 Å². The number of hydrogen-bond donors (Lipinski definition) is 0. The van der Waals surface area contributed by atoms with Crippen LogP contribution in [0.3, 0.4) is 0 Å². The number of allylic oxidation sites excluding steroid dienone is 3. The van der Waals surface area contributed by atoms with E-state index in [0.29, 0.717) is 11.7 Å². The first kappa shape index (κ1) is 14.9. The van der Waals surface area contributed by atoms with Crippen molar-refractivity contribution < 1.29 is 9.53 Å². The summed E-state index contributed by atoms with van der Waals surface area (Å²) in [4.78, 5) is 12.1. The fourth-order valence-corrected chi connectivity index (χ4v) is 1.56. The number of carbonyl (C=O) groups excluding carboxylic acids is 1. The lowest BCUT2D eigenvalue weighted by Crippen LogP contribution is -2.10. The molecule has 0 aliphatic heterocycles. The van der Waals surface area contributed by atoms with Gasteiger partial charge in [0.25, 0.3) is 0 Å². The average molecular weight is 224 g/mol. The molecule has 2 nitrogen and oxygen atoms in total. The molecule has 0 rings (SSSR count). The molecule has 16 heavy (non-hydrogen) atoms. The second-order valence-electron chi connectivity index (χ2n) is 4.87. The minimum atomic E-state index is 0.0145. The molecule has 0 unspecified atom stereocenters. The van der Waals surface area contributed by atoms with Gasteiger partial charge < -0.3 is 4.74 Å². The van der Waals surface area contributed by atoms with Gasteiger partial charge in [-0.3, -0.25) is 4.79 Å². The second kappa shape index (κ2) is 6.51. The zero-order chi connectivity index (χ0) is 12.9. The molecule has 0 radical (unpaired) electrons. The molecule has 0 amide bonds. The summed E-state index contributed by atoms with van der Waals surface area (Å²) in [6, 6.07) is 0. The smallest absolute Gasteiger partial charge is 0.223 e. The molecule has 0 fully saturated rings. The summed E-state index contributed by atoms with van der Waals surface area (Å²) in [5, 5.41) is 0. The summed E-state index contributed by atoms with van der Waals surface area (Å²) in [6.07, 6.45) is 0.894. The van der Waals surface area contributed by atoms with E-state index in [0.717, 1.165) is 23.1 Å². The predicted molar refractivity (Wildman–Crippen MR) is 68.2 cm³/mol. The van der Waals surface area contributed by atoms with E-state index in [-0.39, 0.29) is 5.78 Å². The van der Waals surface area contributed by atoms with Crippen molar-refractivity contribution in [3.05, 3.63) is 22.5 Å². The Balaban J connectivity index is 5.15. The van der Waals surface area contributed by atoms with Crippen molar-refractivity contribution in [1.29, 1.82) is 0 Å². The highest BCUT2D eigenvalue weighted by Gasteiger charge is 2.16. The summed E-state index contributed by atoms with van der Waals surface area (Å²) in [5.74, 6) is 1.05. The Morgan fingerprint density at radius 3 is 1.94 bits per heavy atom. The molecule has 0 aliphatic rings. The van der Waals surface area contributed by atoms with Gasteiger partial charge in [0.05, 0.1) is 7.11 Å². The Kier molecular flexibility index (Phi) is 6.09. The molecule has 0 bridgehead atoms. The minimum absolute atomic E-state index is 0.0145. The van der Waals surface area contributed by atoms with E-state index in [1.165, 1.54) is 0 Å². The predicted octanol–water partition coefficient (Wildman–Crippen LogP) is 3.88. The first-order valence-corrected chi connectivity index (χ1v) is 5.73. The van der Waals surface area contributed by atoms with Crippen molar-refractivity contribution in [3.8, 4) is 0 Å². The summed E-state index contributed by atoms with van der Waals surface area (Å²) >= 11 is 0. The van der Waals surface area contributed by atoms with Crippen LogP contribution in [0.2, 0.25) is 0 Å². The minimum Gasteiger partial charge on any atom is -0.493 e. The number of ketones is 1. The summed E-state index contributed by atoms with van der Waals surface area (Å²) in [6.45, 7) is 12.0. The summed E-state index contributed by atoms with van der Waals surface area (Å²) < 4.78 is 5.24. The van der Waals surface area contributed by atoms with Crippen molar-refractivity contribution in [1.82, 2.24) is 0 Å². The molecule has 0 saturated heterocycles. The number of ether oxygens (including phenoxy) is 1. The van der Waals surface area contributed by atoms with Crippen LogP contribution in [-0.2, 0) is 9.53 Å². The third kappa shape index (κ3) is 4.21. The monoisotopic (exact) mass is 224 g/mol. The summed E-state index contributed by atoms with van der Waals surface area (Å²) in [5.41, 5.74) is 2.85. The number of Topliss-reactive ketones (excluding diaryl/α,β-unsaturated/α-hetero) is 1. The maximum Gasteiger partial charge on any atom is 0.223 e. The van der Waals surface area contributed by atoms with E-state index >= 15 is 0 Å². The lowest BCUT2D eigenvalue weighted by Gasteiger charge is -2.12. The molecule has 0 aliphatic carbocycles. The number of methoxy groups -OCH3 is 1. The second-order valence-corrected chi connectivity index (χ2v) is 4.87. The fourth-order valence-electron chi connectivity index (χ4n) is 1.56. The van der Waals surface area contributed by atoms with Crippen LogP contribution in [0.5, 0.6) is 0 Å². The molecule has 92 valence electrons. The molecule has 2 heteroatoms. The molecule has 0 aromatic rings. The van der Waals surface area contributed by atoms with E-state index in [2.05, 4.69) is 13.8 Å². The molecule has 0 saturated carbocycles. The standard InChI is InChI=1S/C14H24O2/c1-9(2)8-11(5)14(16-7)13(15)12(6)10(3)4/h9H,8H2,1-7H3/b14-11-. The summed E-state index contributed by atoms with van der Waals surface area (Å²) in [7, 11) is 1.56. The van der Waals surface area contributed by atoms with Crippen LogP contribution in [0.15, 0.2) is 22.5 Å². The normalized spacial score (nSPS) is 12.2. The van der Waals surface area contributed by atoms with Gasteiger partial charge in [0.1, 0.15) is 0 Å². The molecule has 0 spiro atoms. The van der Waals surface area contributed by atoms with Gasteiger partial charge in [-0.2, -0.15) is 0 Å². The highest BCUT2D eigenvalue weighted by molar-refractivity contribution is 6.07. The van der Waals surface area contributed by atoms with Gasteiger partial charge in [0.15, 0.2) is 5.76 Å². The Morgan fingerprint density at radius 2 is 1.62 bits per heavy atom. The van der Waals surface area contributed by atoms with Crippen LogP contribution >= 0.6 is 0 Å². The van der Waals surface area contributed by atoms with Crippen LogP contribution < -0.4 is 0 Å². The maximum absolute atomic E-state index is 12.1. The lowest BCUT2D eigenvalue weighted by atomic mass is 9.99. The van der Waals surface area contributed by atoms with Gasteiger partial charge in [0, 0.05) is 0 Å². The highest BCUT2D eigenvalue weighted by atomic mass is 16.5. The quantitative estimate of drug-likeness (QED) is 0.523. The highest BCUT2D eigenvalue weighted by Crippen LogP contribution is 2.19. The van der Waals surface area contributed by atoms with Crippen LogP contribution in [0.1, 0.15) is 48.0 Å². The zero-order valence-corrected chi connectivity index (χ0v) is 11.6. The third-order valence-electron chi connectivity index (χ3n) is 2.60. The molecule has 0 aromatic heterocycles. The van der Waals surface area contributed by atoms with Crippen molar-refractivity contribution in [2.24, 2.45) is 5.92 Å². The van der Waals surface area contributed by atoms with Crippen molar-refractivity contribution in [2.45, 2.75) is 48.0 Å². The first-order valence-electron chi connectivity index (χ1n) is 5.73. The van der Waals surface area contributed by atoms with E-state index in [1.54, 1.807) is 7.11 Å². The Hall–Kier alpha value is -1.05. The van der Waals surface area contributed by atoms with Crippen molar-refractivity contribution in [2.75, 3.05) is 7.11 Å². The van der Waals surface area contributed by atoms with E-state index < -0.39 is 0 Å². The Morgan fingerprint density at radius 1 is 1.12 bits per heavy atom.